The van der Waals surface area contributed by atoms with Crippen molar-refractivity contribution in [3.8, 4) is 0 Å². The maximum Gasteiger partial charge on any atom is 0.241 e. The van der Waals surface area contributed by atoms with Crippen molar-refractivity contribution in [2.24, 2.45) is 0 Å². The molecule has 0 amide bonds. The van der Waals surface area contributed by atoms with Crippen LogP contribution in [0.5, 0.6) is 0 Å². The quantitative estimate of drug-likeness (QED) is 0.881. The molecule has 6 heteroatoms. The van der Waals surface area contributed by atoms with Gasteiger partial charge in [0.15, 0.2) is 0 Å². The van der Waals surface area contributed by atoms with Crippen molar-refractivity contribution in [3.05, 3.63) is 28.2 Å². The highest BCUT2D eigenvalue weighted by molar-refractivity contribution is 9.10. The van der Waals surface area contributed by atoms with Crippen LogP contribution in [0.25, 0.3) is 0 Å². The van der Waals surface area contributed by atoms with Crippen molar-refractivity contribution in [1.82, 2.24) is 4.72 Å². The molecule has 0 atom stereocenters. The van der Waals surface area contributed by atoms with Gasteiger partial charge in [0.05, 0.1) is 11.0 Å². The maximum atomic E-state index is 12.3. The summed E-state index contributed by atoms with van der Waals surface area (Å²) in [7, 11) is -3.48. The van der Waals surface area contributed by atoms with E-state index < -0.39 is 10.0 Å². The van der Waals surface area contributed by atoms with Crippen LogP contribution >= 0.6 is 15.9 Å². The van der Waals surface area contributed by atoms with Crippen LogP contribution in [0.4, 0.5) is 0 Å². The molecule has 0 saturated heterocycles. The zero-order valence-electron chi connectivity index (χ0n) is 10.8. The summed E-state index contributed by atoms with van der Waals surface area (Å²) in [6.45, 7) is 1.78. The van der Waals surface area contributed by atoms with Gasteiger partial charge in [0, 0.05) is 10.5 Å². The van der Waals surface area contributed by atoms with Crippen molar-refractivity contribution < 1.29 is 13.5 Å². The van der Waals surface area contributed by atoms with E-state index >= 15 is 0 Å². The van der Waals surface area contributed by atoms with Crippen LogP contribution in [0.15, 0.2) is 27.6 Å². The molecule has 0 spiro atoms. The summed E-state index contributed by atoms with van der Waals surface area (Å²) >= 11 is 3.33. The summed E-state index contributed by atoms with van der Waals surface area (Å²) in [6, 6.07) is 5.06. The molecule has 1 fully saturated rings. The number of hydrogen-bond donors (Lipinski definition) is 2. The van der Waals surface area contributed by atoms with Crippen LogP contribution < -0.4 is 4.72 Å². The highest BCUT2D eigenvalue weighted by Gasteiger charge is 2.25. The largest absolute Gasteiger partial charge is 0.393 e. The molecule has 1 aliphatic rings. The van der Waals surface area contributed by atoms with Gasteiger partial charge in [-0.25, -0.2) is 13.1 Å². The minimum absolute atomic E-state index is 0.0727. The van der Waals surface area contributed by atoms with Crippen LogP contribution in [0, 0.1) is 6.92 Å². The lowest BCUT2D eigenvalue weighted by Crippen LogP contribution is -2.38. The molecule has 1 aliphatic carbocycles. The molecule has 0 aromatic heterocycles. The second-order valence-electron chi connectivity index (χ2n) is 5.04. The average molecular weight is 348 g/mol. The van der Waals surface area contributed by atoms with Crippen LogP contribution in [0.3, 0.4) is 0 Å². The van der Waals surface area contributed by atoms with Crippen LogP contribution in [-0.4, -0.2) is 25.7 Å². The monoisotopic (exact) mass is 347 g/mol. The molecular weight excluding hydrogens is 330 g/mol. The van der Waals surface area contributed by atoms with E-state index in [0.29, 0.717) is 30.6 Å². The summed E-state index contributed by atoms with van der Waals surface area (Å²) in [5.74, 6) is 0. The van der Waals surface area contributed by atoms with Crippen molar-refractivity contribution >= 4 is 26.0 Å². The SMILES string of the molecule is Cc1cc(Br)ccc1S(=O)(=O)NC1CCC(O)CC1. The number of rotatable bonds is 3. The summed E-state index contributed by atoms with van der Waals surface area (Å²) in [5, 5.41) is 9.43. The first-order valence-corrected chi connectivity index (χ1v) is 8.62. The van der Waals surface area contributed by atoms with E-state index in [1.165, 1.54) is 0 Å². The molecule has 0 heterocycles. The fourth-order valence-corrected chi connectivity index (χ4v) is 4.40. The van der Waals surface area contributed by atoms with Gasteiger partial charge in [-0.3, -0.25) is 0 Å². The van der Waals surface area contributed by atoms with Gasteiger partial charge >= 0.3 is 0 Å². The minimum Gasteiger partial charge on any atom is -0.393 e. The number of nitrogens with one attached hydrogen (secondary N) is 1. The van der Waals surface area contributed by atoms with E-state index in [-0.39, 0.29) is 12.1 Å². The third-order valence-corrected chi connectivity index (χ3v) is 5.62. The summed E-state index contributed by atoms with van der Waals surface area (Å²) in [4.78, 5) is 0.321. The second-order valence-corrected chi connectivity index (χ2v) is 7.63. The Bertz CT molecular complexity index is 551. The average Bonchev–Trinajstić information content (AvgIpc) is 2.31. The van der Waals surface area contributed by atoms with Gasteiger partial charge in [-0.2, -0.15) is 0 Å². The fraction of sp³-hybridized carbons (Fsp3) is 0.538. The number of sulfonamides is 1. The molecule has 0 radical (unpaired) electrons. The number of halogens is 1. The lowest BCUT2D eigenvalue weighted by atomic mass is 9.94. The summed E-state index contributed by atoms with van der Waals surface area (Å²) in [5.41, 5.74) is 0.720. The molecule has 106 valence electrons. The lowest BCUT2D eigenvalue weighted by Gasteiger charge is -2.26. The standard InChI is InChI=1S/C13H18BrNO3S/c1-9-8-10(14)2-7-13(9)19(17,18)15-11-3-5-12(16)6-4-11/h2,7-8,11-12,15-16H,3-6H2,1H3. The normalized spacial score (nSPS) is 24.4. The summed E-state index contributed by atoms with van der Waals surface area (Å²) in [6.07, 6.45) is 2.42. The van der Waals surface area contributed by atoms with Gasteiger partial charge in [0.1, 0.15) is 0 Å². The van der Waals surface area contributed by atoms with E-state index in [4.69, 9.17) is 0 Å². The zero-order valence-corrected chi connectivity index (χ0v) is 13.2. The van der Waals surface area contributed by atoms with E-state index in [2.05, 4.69) is 20.7 Å². The van der Waals surface area contributed by atoms with E-state index in [9.17, 15) is 13.5 Å². The topological polar surface area (TPSA) is 66.4 Å². The first-order chi connectivity index (χ1) is 8.88. The zero-order chi connectivity index (χ0) is 14.0. The maximum absolute atomic E-state index is 12.3. The van der Waals surface area contributed by atoms with E-state index in [1.807, 2.05) is 0 Å². The lowest BCUT2D eigenvalue weighted by molar-refractivity contribution is 0.120. The van der Waals surface area contributed by atoms with Gasteiger partial charge in [0.25, 0.3) is 0 Å². The van der Waals surface area contributed by atoms with Crippen molar-refractivity contribution in [1.29, 1.82) is 0 Å². The number of aliphatic hydroxyl groups excluding tert-OH is 1. The molecule has 1 saturated carbocycles. The molecule has 19 heavy (non-hydrogen) atoms. The highest BCUT2D eigenvalue weighted by atomic mass is 79.9. The van der Waals surface area contributed by atoms with Crippen LogP contribution in [0.2, 0.25) is 0 Å². The minimum atomic E-state index is -3.48. The predicted molar refractivity (Wildman–Crippen MR) is 77.5 cm³/mol. The third-order valence-electron chi connectivity index (χ3n) is 3.45. The Labute approximate surface area is 122 Å². The van der Waals surface area contributed by atoms with Crippen molar-refractivity contribution in [2.75, 3.05) is 0 Å². The number of benzene rings is 1. The molecule has 0 aliphatic heterocycles. The van der Waals surface area contributed by atoms with Crippen molar-refractivity contribution in [2.45, 2.75) is 49.6 Å². The molecule has 2 rings (SSSR count). The van der Waals surface area contributed by atoms with Crippen LogP contribution in [0.1, 0.15) is 31.2 Å². The highest BCUT2D eigenvalue weighted by Crippen LogP contribution is 2.23. The van der Waals surface area contributed by atoms with Crippen LogP contribution in [-0.2, 0) is 10.0 Å². The number of hydrogen-bond acceptors (Lipinski definition) is 3. The Morgan fingerprint density at radius 2 is 1.89 bits per heavy atom. The fourth-order valence-electron chi connectivity index (χ4n) is 2.39. The number of aliphatic hydroxyl groups is 1. The van der Waals surface area contributed by atoms with Crippen molar-refractivity contribution in [3.63, 3.8) is 0 Å². The molecule has 2 N–H and O–H groups in total. The van der Waals surface area contributed by atoms with E-state index in [1.54, 1.807) is 25.1 Å². The summed E-state index contributed by atoms with van der Waals surface area (Å²) < 4.78 is 28.3. The Morgan fingerprint density at radius 1 is 1.26 bits per heavy atom. The predicted octanol–water partition coefficient (Wildman–Crippen LogP) is 2.34. The van der Waals surface area contributed by atoms with Gasteiger partial charge in [0.2, 0.25) is 10.0 Å². The number of aryl methyl sites for hydroxylation is 1. The van der Waals surface area contributed by atoms with E-state index in [0.717, 1.165) is 10.0 Å². The first kappa shape index (κ1) is 15.0. The molecular formula is C13H18BrNO3S. The molecule has 0 unspecified atom stereocenters. The Kier molecular flexibility index (Phi) is 4.66. The first-order valence-electron chi connectivity index (χ1n) is 6.35. The third kappa shape index (κ3) is 3.78. The Balaban J connectivity index is 2.14. The Morgan fingerprint density at radius 3 is 2.47 bits per heavy atom. The molecule has 0 bridgehead atoms. The Hall–Kier alpha value is -0.430. The smallest absolute Gasteiger partial charge is 0.241 e. The molecule has 4 nitrogen and oxygen atoms in total. The van der Waals surface area contributed by atoms with Gasteiger partial charge in [-0.05, 0) is 56.4 Å². The van der Waals surface area contributed by atoms with Gasteiger partial charge in [-0.15, -0.1) is 0 Å². The molecule has 1 aromatic rings. The second kappa shape index (κ2) is 5.91. The van der Waals surface area contributed by atoms with Gasteiger partial charge < -0.3 is 5.11 Å². The molecule has 1 aromatic carbocycles. The van der Waals surface area contributed by atoms with Gasteiger partial charge in [-0.1, -0.05) is 15.9 Å².